The summed E-state index contributed by atoms with van der Waals surface area (Å²) in [6.45, 7) is 11.6. The molecule has 0 bridgehead atoms. The molecule has 1 aliphatic rings. The van der Waals surface area contributed by atoms with Crippen LogP contribution in [0.25, 0.3) is 0 Å². The molecule has 1 unspecified atom stereocenters. The molecule has 2 nitrogen and oxygen atoms in total. The molecular weight excluding hydrogens is 148 g/mol. The zero-order chi connectivity index (χ0) is 11.1. The number of rotatable bonds is 1. The molecule has 0 aromatic rings. The summed E-state index contributed by atoms with van der Waals surface area (Å²) in [6, 6.07) is 2.02. The number of hydrogen-bond donors (Lipinski definition) is 1. The summed E-state index contributed by atoms with van der Waals surface area (Å²) in [4.78, 5) is 2.56. The maximum atomic E-state index is 5.00. The molecule has 74 valence electrons. The maximum Gasteiger partial charge on any atom is 0.0169 e. The van der Waals surface area contributed by atoms with Crippen LogP contribution in [0, 0.1) is 0 Å². The fourth-order valence-electron chi connectivity index (χ4n) is 1.89. The highest BCUT2D eigenvalue weighted by atomic mass is 15.2. The van der Waals surface area contributed by atoms with Crippen LogP contribution in [-0.4, -0.2) is 36.1 Å². The van der Waals surface area contributed by atoms with Crippen molar-refractivity contribution in [1.29, 1.82) is 0 Å². The Morgan fingerprint density at radius 3 is 2.67 bits per heavy atom. The van der Waals surface area contributed by atoms with Crippen molar-refractivity contribution in [3.8, 4) is 0 Å². The highest BCUT2D eigenvalue weighted by molar-refractivity contribution is 4.79. The standard InChI is InChI=1S/C10H22N2.H2/c1-8(2)12-6-5-9(3)11-10(4)7-12;/h8-11H,5-7H2,1-4H3;1H/t9?,10-;/m1./s1/i;1+1D. The summed E-state index contributed by atoms with van der Waals surface area (Å²) in [7, 11) is 0. The molecule has 2 atom stereocenters. The highest BCUT2D eigenvalue weighted by Gasteiger charge is 2.19. The lowest BCUT2D eigenvalue weighted by Crippen LogP contribution is -2.40. The van der Waals surface area contributed by atoms with Crippen LogP contribution in [0.3, 0.4) is 0 Å². The number of nitrogens with one attached hydrogen (secondary N) is 1. The summed E-state index contributed by atoms with van der Waals surface area (Å²) < 4.78 is 10.0. The molecule has 0 saturated carbocycles. The van der Waals surface area contributed by atoms with Crippen LogP contribution in [0.4, 0.5) is 0 Å². The van der Waals surface area contributed by atoms with Gasteiger partial charge in [-0.05, 0) is 40.7 Å². The Morgan fingerprint density at radius 2 is 2.08 bits per heavy atom. The first-order valence-corrected chi connectivity index (χ1v) is 5.09. The first kappa shape index (κ1) is 8.52. The Labute approximate surface area is 79.4 Å². The van der Waals surface area contributed by atoms with Crippen molar-refractivity contribution in [2.45, 2.75) is 52.2 Å². The van der Waals surface area contributed by atoms with Gasteiger partial charge in [0, 0.05) is 27.6 Å². The Bertz CT molecular complexity index is 142. The van der Waals surface area contributed by atoms with Gasteiger partial charge in [-0.15, -0.1) is 0 Å². The van der Waals surface area contributed by atoms with Gasteiger partial charge in [0.25, 0.3) is 0 Å². The Hall–Kier alpha value is -0.0800. The van der Waals surface area contributed by atoms with E-state index in [2.05, 4.69) is 37.9 Å². The van der Waals surface area contributed by atoms with Crippen LogP contribution in [0.5, 0.6) is 0 Å². The lowest BCUT2D eigenvalue weighted by Gasteiger charge is -2.26. The van der Waals surface area contributed by atoms with Gasteiger partial charge < -0.3 is 5.32 Å². The first-order valence-electron chi connectivity index (χ1n) is 6.09. The van der Waals surface area contributed by atoms with Gasteiger partial charge in [-0.2, -0.15) is 0 Å². The molecule has 1 aliphatic heterocycles. The second-order valence-electron chi connectivity index (χ2n) is 4.35. The fourth-order valence-corrected chi connectivity index (χ4v) is 1.89. The van der Waals surface area contributed by atoms with Crippen molar-refractivity contribution in [1.82, 2.24) is 10.2 Å². The van der Waals surface area contributed by atoms with E-state index in [1.165, 1.54) is 19.5 Å². The monoisotopic (exact) mass is 174 g/mol. The topological polar surface area (TPSA) is 15.3 Å². The number of nitrogens with zero attached hydrogens (tertiary/aromatic N) is 1. The van der Waals surface area contributed by atoms with Gasteiger partial charge in [0.05, 0.1) is 0 Å². The van der Waals surface area contributed by atoms with E-state index in [9.17, 15) is 0 Å². The lowest BCUT2D eigenvalue weighted by molar-refractivity contribution is 0.221. The Kier molecular flexibility index (Phi) is 3.01. The summed E-state index contributed by atoms with van der Waals surface area (Å²) in [6.07, 6.45) is 1.28. The van der Waals surface area contributed by atoms with Crippen molar-refractivity contribution >= 4 is 0 Å². The molecule has 0 spiro atoms. The van der Waals surface area contributed by atoms with Crippen LogP contribution in [0.2, 0.25) is 0 Å². The molecule has 1 heterocycles. The van der Waals surface area contributed by atoms with E-state index in [0.29, 0.717) is 18.1 Å². The van der Waals surface area contributed by atoms with Gasteiger partial charge in [-0.1, -0.05) is 0 Å². The predicted octanol–water partition coefficient (Wildman–Crippen LogP) is 1.71. The highest BCUT2D eigenvalue weighted by Crippen LogP contribution is 2.08. The molecule has 2 heteroatoms. The molecule has 1 rings (SSSR count). The third-order valence-corrected chi connectivity index (χ3v) is 2.66. The van der Waals surface area contributed by atoms with Gasteiger partial charge in [0.15, 0.2) is 0 Å². The molecule has 0 aromatic carbocycles. The quantitative estimate of drug-likeness (QED) is 0.651. The fraction of sp³-hybridized carbons (Fsp3) is 1.00. The summed E-state index contributed by atoms with van der Waals surface area (Å²) in [5.74, 6) is 0. The smallest absolute Gasteiger partial charge is 0.0169 e. The largest absolute Gasteiger partial charge is 0.310 e. The van der Waals surface area contributed by atoms with Gasteiger partial charge in [0.1, 0.15) is 0 Å². The molecule has 12 heavy (non-hydrogen) atoms. The normalized spacial score (nSPS) is 34.4. The zero-order valence-corrected chi connectivity index (χ0v) is 8.80. The van der Waals surface area contributed by atoms with E-state index < -0.39 is 0 Å². The SMILES string of the molecule is CC1CCN(C(C)C)C[C@@H](C)N1.[2H][2H]. The van der Waals surface area contributed by atoms with Crippen molar-refractivity contribution in [2.24, 2.45) is 0 Å². The predicted molar refractivity (Wildman–Crippen MR) is 55.5 cm³/mol. The third kappa shape index (κ3) is 2.76. The lowest BCUT2D eigenvalue weighted by atomic mass is 10.2. The van der Waals surface area contributed by atoms with Crippen molar-refractivity contribution in [2.75, 3.05) is 13.1 Å². The molecule has 0 aliphatic carbocycles. The van der Waals surface area contributed by atoms with Crippen molar-refractivity contribution < 1.29 is 2.97 Å². The molecule has 0 aromatic heterocycles. The second kappa shape index (κ2) is 4.24. The molecule has 1 fully saturated rings. The van der Waals surface area contributed by atoms with Crippen LogP contribution >= 0.6 is 0 Å². The van der Waals surface area contributed by atoms with E-state index >= 15 is 0 Å². The minimum Gasteiger partial charge on any atom is -0.310 e. The minimum atomic E-state index is 0.643. The van der Waals surface area contributed by atoms with Crippen molar-refractivity contribution in [3.63, 3.8) is 0 Å². The van der Waals surface area contributed by atoms with Crippen LogP contribution < -0.4 is 5.32 Å². The van der Waals surface area contributed by atoms with Gasteiger partial charge in [-0.3, -0.25) is 4.90 Å². The maximum absolute atomic E-state index is 5.00. The summed E-state index contributed by atoms with van der Waals surface area (Å²) in [5.41, 5.74) is 0. The van der Waals surface area contributed by atoms with E-state index in [-0.39, 0.29) is 0 Å². The minimum absolute atomic E-state index is 0.643. The molecule has 1 saturated heterocycles. The molecule has 0 radical (unpaired) electrons. The van der Waals surface area contributed by atoms with Gasteiger partial charge >= 0.3 is 0 Å². The van der Waals surface area contributed by atoms with Gasteiger partial charge in [0.2, 0.25) is 0 Å². The Morgan fingerprint density at radius 1 is 1.42 bits per heavy atom. The van der Waals surface area contributed by atoms with Crippen LogP contribution in [0.1, 0.15) is 37.1 Å². The third-order valence-electron chi connectivity index (χ3n) is 2.66. The van der Waals surface area contributed by atoms with Crippen LogP contribution in [0.15, 0.2) is 0 Å². The average Bonchev–Trinajstić information content (AvgIpc) is 2.30. The van der Waals surface area contributed by atoms with Gasteiger partial charge in [-0.25, -0.2) is 0 Å². The molecular formula is C10H24N2. The number of hydrogen-bond acceptors (Lipinski definition) is 2. The zero-order valence-electron chi connectivity index (χ0n) is 10.8. The van der Waals surface area contributed by atoms with E-state index in [1.807, 2.05) is 0 Å². The molecule has 0 amide bonds. The molecule has 1 N–H and O–H groups in total. The van der Waals surface area contributed by atoms with Crippen molar-refractivity contribution in [3.05, 3.63) is 0 Å². The summed E-state index contributed by atoms with van der Waals surface area (Å²) in [5, 5.41) is 3.58. The van der Waals surface area contributed by atoms with Crippen LogP contribution in [-0.2, 0) is 0 Å². The second-order valence-corrected chi connectivity index (χ2v) is 4.35. The Balaban J connectivity index is 0.000000791. The summed E-state index contributed by atoms with van der Waals surface area (Å²) >= 11 is 0. The van der Waals surface area contributed by atoms with E-state index in [4.69, 9.17) is 2.97 Å². The first-order chi connectivity index (χ1) is 6.59. The average molecular weight is 174 g/mol. The van der Waals surface area contributed by atoms with E-state index in [1.54, 1.807) is 0 Å². The van der Waals surface area contributed by atoms with E-state index in [0.717, 1.165) is 0 Å².